The second-order valence-electron chi connectivity index (χ2n) is 5.41. The van der Waals surface area contributed by atoms with Crippen LogP contribution in [0.25, 0.3) is 0 Å². The van der Waals surface area contributed by atoms with Gasteiger partial charge in [-0.05, 0) is 18.1 Å². The van der Waals surface area contributed by atoms with Gasteiger partial charge in [0, 0.05) is 49.4 Å². The molecule has 0 aliphatic carbocycles. The Morgan fingerprint density at radius 3 is 2.57 bits per heavy atom. The Balaban J connectivity index is 0.00000242. The molecule has 0 aromatic heterocycles. The minimum Gasteiger partial charge on any atom is -0.314 e. The molecule has 1 atom stereocenters. The lowest BCUT2D eigenvalue weighted by Crippen LogP contribution is -2.45. The first-order chi connectivity index (χ1) is 10.1. The van der Waals surface area contributed by atoms with E-state index in [4.69, 9.17) is 11.6 Å². The van der Waals surface area contributed by atoms with Crippen molar-refractivity contribution in [2.24, 2.45) is 0 Å². The molecular formula is C15H24Cl3N3O2. The smallest absolute Gasteiger partial charge is 0.269 e. The zero-order chi connectivity index (χ0) is 15.2. The van der Waals surface area contributed by atoms with E-state index >= 15 is 0 Å². The lowest BCUT2D eigenvalue weighted by Gasteiger charge is -2.35. The van der Waals surface area contributed by atoms with Crippen molar-refractivity contribution >= 4 is 42.1 Å². The summed E-state index contributed by atoms with van der Waals surface area (Å²) in [7, 11) is 0. The van der Waals surface area contributed by atoms with Gasteiger partial charge in [-0.1, -0.05) is 31.4 Å². The van der Waals surface area contributed by atoms with Crippen molar-refractivity contribution in [3.05, 3.63) is 38.9 Å². The van der Waals surface area contributed by atoms with E-state index in [0.717, 1.165) is 51.0 Å². The molecule has 0 radical (unpaired) electrons. The van der Waals surface area contributed by atoms with Crippen LogP contribution in [-0.4, -0.2) is 36.0 Å². The second-order valence-corrected chi connectivity index (χ2v) is 5.81. The van der Waals surface area contributed by atoms with Crippen molar-refractivity contribution in [1.82, 2.24) is 10.2 Å². The minimum absolute atomic E-state index is 0. The first kappa shape index (κ1) is 22.4. The Bertz CT molecular complexity index is 497. The van der Waals surface area contributed by atoms with E-state index in [1.54, 1.807) is 12.1 Å². The van der Waals surface area contributed by atoms with Crippen LogP contribution >= 0.6 is 36.4 Å². The molecule has 1 aliphatic rings. The van der Waals surface area contributed by atoms with Gasteiger partial charge in [0.2, 0.25) is 0 Å². The summed E-state index contributed by atoms with van der Waals surface area (Å²) in [6, 6.07) is 4.93. The highest BCUT2D eigenvalue weighted by Gasteiger charge is 2.25. The van der Waals surface area contributed by atoms with Crippen molar-refractivity contribution in [2.45, 2.75) is 32.2 Å². The molecule has 0 spiro atoms. The van der Waals surface area contributed by atoms with Crippen LogP contribution in [0.2, 0.25) is 5.02 Å². The summed E-state index contributed by atoms with van der Waals surface area (Å²) in [6.45, 7) is 5.97. The van der Waals surface area contributed by atoms with E-state index in [-0.39, 0.29) is 41.5 Å². The standard InChI is InChI=1S/C15H22ClN3O2.2ClH/c1-2-3-4-15(18-9-7-17-8-10-18)13-11-12(19(20)21)5-6-14(13)16;;/h5-6,11,15,17H,2-4,7-10H2,1H3;2*1H/t15-;;/m1../s1. The summed E-state index contributed by atoms with van der Waals surface area (Å²) in [5.74, 6) is 0. The van der Waals surface area contributed by atoms with Crippen LogP contribution in [0.4, 0.5) is 5.69 Å². The van der Waals surface area contributed by atoms with Gasteiger partial charge in [-0.15, -0.1) is 24.8 Å². The van der Waals surface area contributed by atoms with Gasteiger partial charge in [-0.25, -0.2) is 0 Å². The number of nitrogens with zero attached hydrogens (tertiary/aromatic N) is 2. The highest BCUT2D eigenvalue weighted by molar-refractivity contribution is 6.31. The van der Waals surface area contributed by atoms with Crippen LogP contribution in [0.15, 0.2) is 18.2 Å². The van der Waals surface area contributed by atoms with Gasteiger partial charge in [-0.3, -0.25) is 15.0 Å². The molecule has 1 aliphatic heterocycles. The summed E-state index contributed by atoms with van der Waals surface area (Å²) in [5, 5.41) is 15.0. The van der Waals surface area contributed by atoms with Gasteiger partial charge in [-0.2, -0.15) is 0 Å². The molecule has 8 heteroatoms. The predicted molar refractivity (Wildman–Crippen MR) is 99.3 cm³/mol. The molecule has 2 rings (SSSR count). The van der Waals surface area contributed by atoms with Crippen LogP contribution in [0.3, 0.4) is 0 Å². The van der Waals surface area contributed by atoms with E-state index in [9.17, 15) is 10.1 Å². The number of unbranched alkanes of at least 4 members (excludes halogenated alkanes) is 1. The van der Waals surface area contributed by atoms with Crippen LogP contribution in [-0.2, 0) is 0 Å². The van der Waals surface area contributed by atoms with Crippen LogP contribution in [0, 0.1) is 10.1 Å². The van der Waals surface area contributed by atoms with Crippen LogP contribution < -0.4 is 5.32 Å². The van der Waals surface area contributed by atoms with Gasteiger partial charge >= 0.3 is 0 Å². The lowest BCUT2D eigenvalue weighted by atomic mass is 9.98. The first-order valence-corrected chi connectivity index (χ1v) is 7.90. The first-order valence-electron chi connectivity index (χ1n) is 7.52. The molecule has 1 aromatic carbocycles. The molecule has 1 heterocycles. The maximum atomic E-state index is 11.0. The predicted octanol–water partition coefficient (Wildman–Crippen LogP) is 4.23. The topological polar surface area (TPSA) is 58.4 Å². The van der Waals surface area contributed by atoms with Gasteiger partial charge in [0.05, 0.1) is 4.92 Å². The number of hydrogen-bond acceptors (Lipinski definition) is 4. The number of nitro benzene ring substituents is 1. The third kappa shape index (κ3) is 6.08. The number of non-ortho nitro benzene ring substituents is 1. The Morgan fingerprint density at radius 2 is 2.00 bits per heavy atom. The monoisotopic (exact) mass is 383 g/mol. The largest absolute Gasteiger partial charge is 0.314 e. The van der Waals surface area contributed by atoms with Crippen molar-refractivity contribution in [3.8, 4) is 0 Å². The Labute approximate surface area is 154 Å². The highest BCUT2D eigenvalue weighted by Crippen LogP contribution is 2.34. The number of benzene rings is 1. The molecule has 0 unspecified atom stereocenters. The maximum Gasteiger partial charge on any atom is 0.269 e. The molecule has 1 saturated heterocycles. The van der Waals surface area contributed by atoms with E-state index in [1.807, 2.05) is 0 Å². The zero-order valence-electron chi connectivity index (χ0n) is 13.2. The fraction of sp³-hybridized carbons (Fsp3) is 0.600. The summed E-state index contributed by atoms with van der Waals surface area (Å²) >= 11 is 6.33. The normalized spacial score (nSPS) is 16.1. The fourth-order valence-corrected chi connectivity index (χ4v) is 3.07. The van der Waals surface area contributed by atoms with Gasteiger partial charge < -0.3 is 5.32 Å². The summed E-state index contributed by atoms with van der Waals surface area (Å²) < 4.78 is 0. The van der Waals surface area contributed by atoms with Crippen LogP contribution in [0.1, 0.15) is 37.8 Å². The Morgan fingerprint density at radius 1 is 1.35 bits per heavy atom. The molecule has 23 heavy (non-hydrogen) atoms. The Hall–Kier alpha value is -0.590. The zero-order valence-corrected chi connectivity index (χ0v) is 15.6. The average Bonchev–Trinajstić information content (AvgIpc) is 2.50. The second kappa shape index (κ2) is 11.0. The molecule has 1 N–H and O–H groups in total. The molecular weight excluding hydrogens is 361 g/mol. The summed E-state index contributed by atoms with van der Waals surface area (Å²) in [5.41, 5.74) is 1.01. The fourth-order valence-electron chi connectivity index (χ4n) is 2.83. The highest BCUT2D eigenvalue weighted by atomic mass is 35.5. The molecule has 1 fully saturated rings. The van der Waals surface area contributed by atoms with E-state index < -0.39 is 0 Å². The third-order valence-corrected chi connectivity index (χ3v) is 4.32. The van der Waals surface area contributed by atoms with Gasteiger partial charge in [0.15, 0.2) is 0 Å². The van der Waals surface area contributed by atoms with Crippen molar-refractivity contribution in [1.29, 1.82) is 0 Å². The molecule has 1 aromatic rings. The van der Waals surface area contributed by atoms with Gasteiger partial charge in [0.25, 0.3) is 5.69 Å². The maximum absolute atomic E-state index is 11.0. The molecule has 132 valence electrons. The number of nitro groups is 1. The van der Waals surface area contributed by atoms with E-state index in [1.165, 1.54) is 6.07 Å². The van der Waals surface area contributed by atoms with Crippen molar-refractivity contribution in [2.75, 3.05) is 26.2 Å². The van der Waals surface area contributed by atoms with Crippen molar-refractivity contribution < 1.29 is 4.92 Å². The number of hydrogen-bond donors (Lipinski definition) is 1. The number of rotatable bonds is 6. The quantitative estimate of drug-likeness (QED) is 0.589. The SMILES string of the molecule is CCCC[C@H](c1cc([N+](=O)[O-])ccc1Cl)N1CCNCC1.Cl.Cl. The Kier molecular flexibility index (Phi) is 10.8. The molecule has 0 saturated carbocycles. The number of halogens is 3. The van der Waals surface area contributed by atoms with E-state index in [2.05, 4.69) is 17.1 Å². The molecule has 0 bridgehead atoms. The summed E-state index contributed by atoms with van der Waals surface area (Å²) in [4.78, 5) is 13.0. The van der Waals surface area contributed by atoms with Gasteiger partial charge in [0.1, 0.15) is 0 Å². The lowest BCUT2D eigenvalue weighted by molar-refractivity contribution is -0.385. The molecule has 5 nitrogen and oxygen atoms in total. The van der Waals surface area contributed by atoms with E-state index in [0.29, 0.717) is 5.02 Å². The van der Waals surface area contributed by atoms with Crippen LogP contribution in [0.5, 0.6) is 0 Å². The third-order valence-electron chi connectivity index (χ3n) is 3.97. The number of piperazine rings is 1. The van der Waals surface area contributed by atoms with Crippen molar-refractivity contribution in [3.63, 3.8) is 0 Å². The summed E-state index contributed by atoms with van der Waals surface area (Å²) in [6.07, 6.45) is 3.18. The minimum atomic E-state index is -0.353. The average molecular weight is 385 g/mol. The molecule has 0 amide bonds. The number of nitrogens with one attached hydrogen (secondary N) is 1.